The number of hydrogen-bond donors (Lipinski definition) is 4. The number of rotatable bonds is 8. The van der Waals surface area contributed by atoms with Crippen LogP contribution in [0.2, 0.25) is 0 Å². The highest BCUT2D eigenvalue weighted by atomic mass is 32.2. The molecule has 0 aromatic heterocycles. The predicted molar refractivity (Wildman–Crippen MR) is 154 cm³/mol. The Kier molecular flexibility index (Phi) is 10.9. The minimum absolute atomic E-state index is 0.180. The molecular weight excluding hydrogens is 573 g/mol. The van der Waals surface area contributed by atoms with E-state index < -0.39 is 22.2 Å². The lowest BCUT2D eigenvalue weighted by atomic mass is 10.1. The van der Waals surface area contributed by atoms with Gasteiger partial charge in [0.2, 0.25) is 0 Å². The summed E-state index contributed by atoms with van der Waals surface area (Å²) in [5.74, 6) is -3.01. The zero-order chi connectivity index (χ0) is 30.9. The molecule has 42 heavy (non-hydrogen) atoms. The molecule has 0 unspecified atom stereocenters. The SMILES string of the molecule is CCc1ccc(CNC(=O)c2ccc(N3CCNCC3)c(NS(=O)(=O)c3ccc(C)cc3)c2)cc1.O=C(O)C(F)(F)F. The van der Waals surface area contributed by atoms with Gasteiger partial charge in [-0.2, -0.15) is 13.2 Å². The Balaban J connectivity index is 0.000000616. The number of benzene rings is 3. The third kappa shape index (κ3) is 9.21. The normalized spacial score (nSPS) is 13.5. The number of hydrogen-bond acceptors (Lipinski definition) is 6. The number of nitrogens with one attached hydrogen (secondary N) is 3. The maximum atomic E-state index is 13.1. The van der Waals surface area contributed by atoms with Gasteiger partial charge in [0.25, 0.3) is 15.9 Å². The van der Waals surface area contributed by atoms with Crippen LogP contribution >= 0.6 is 0 Å². The second kappa shape index (κ2) is 14.2. The zero-order valence-corrected chi connectivity index (χ0v) is 24.0. The van der Waals surface area contributed by atoms with Crippen LogP contribution in [0.15, 0.2) is 71.6 Å². The molecule has 226 valence electrons. The molecule has 0 bridgehead atoms. The topological polar surface area (TPSA) is 128 Å². The molecule has 13 heteroatoms. The number of anilines is 2. The average Bonchev–Trinajstić information content (AvgIpc) is 2.96. The molecule has 1 amide bonds. The van der Waals surface area contributed by atoms with Crippen LogP contribution in [-0.4, -0.2) is 57.8 Å². The first kappa shape index (κ1) is 32.4. The fourth-order valence-corrected chi connectivity index (χ4v) is 5.10. The molecule has 0 spiro atoms. The number of sulfonamides is 1. The molecule has 3 aromatic rings. The van der Waals surface area contributed by atoms with E-state index in [1.807, 2.05) is 25.1 Å². The number of carbonyl (C=O) groups excluding carboxylic acids is 1. The van der Waals surface area contributed by atoms with Gasteiger partial charge in [0.1, 0.15) is 0 Å². The summed E-state index contributed by atoms with van der Waals surface area (Å²) in [6.07, 6.45) is -4.12. The maximum Gasteiger partial charge on any atom is 0.490 e. The van der Waals surface area contributed by atoms with Crippen LogP contribution in [0.4, 0.5) is 24.5 Å². The van der Waals surface area contributed by atoms with Gasteiger partial charge in [0.15, 0.2) is 0 Å². The quantitative estimate of drug-likeness (QED) is 0.301. The third-order valence-electron chi connectivity index (χ3n) is 6.42. The van der Waals surface area contributed by atoms with Crippen molar-refractivity contribution < 1.29 is 36.3 Å². The van der Waals surface area contributed by atoms with Crippen LogP contribution in [0.25, 0.3) is 0 Å². The first-order valence-electron chi connectivity index (χ1n) is 13.2. The summed E-state index contributed by atoms with van der Waals surface area (Å²) in [6.45, 7) is 7.52. The summed E-state index contributed by atoms with van der Waals surface area (Å²) in [4.78, 5) is 24.1. The number of carbonyl (C=O) groups is 2. The van der Waals surface area contributed by atoms with Crippen LogP contribution in [-0.2, 0) is 27.8 Å². The Morgan fingerprint density at radius 2 is 1.52 bits per heavy atom. The van der Waals surface area contributed by atoms with Crippen molar-refractivity contribution in [3.05, 3.63) is 89.0 Å². The molecular formula is C29H33F3N4O5S. The molecule has 3 aromatic carbocycles. The fraction of sp³-hybridized carbons (Fsp3) is 0.310. The van der Waals surface area contributed by atoms with E-state index >= 15 is 0 Å². The van der Waals surface area contributed by atoms with E-state index in [0.29, 0.717) is 17.8 Å². The minimum atomic E-state index is -5.08. The van der Waals surface area contributed by atoms with E-state index in [1.54, 1.807) is 36.4 Å². The Morgan fingerprint density at radius 1 is 0.952 bits per heavy atom. The molecule has 4 N–H and O–H groups in total. The van der Waals surface area contributed by atoms with Crippen molar-refractivity contribution in [1.29, 1.82) is 0 Å². The summed E-state index contributed by atoms with van der Waals surface area (Å²) in [5.41, 5.74) is 4.79. The smallest absolute Gasteiger partial charge is 0.475 e. The lowest BCUT2D eigenvalue weighted by Crippen LogP contribution is -2.43. The van der Waals surface area contributed by atoms with Gasteiger partial charge in [-0.3, -0.25) is 9.52 Å². The predicted octanol–water partition coefficient (Wildman–Crippen LogP) is 4.33. The number of aliphatic carboxylic acids is 1. The lowest BCUT2D eigenvalue weighted by Gasteiger charge is -2.31. The summed E-state index contributed by atoms with van der Waals surface area (Å²) in [7, 11) is -3.82. The van der Waals surface area contributed by atoms with Crippen LogP contribution in [0, 0.1) is 6.92 Å². The standard InChI is InChI=1S/C27H32N4O3S.C2HF3O2/c1-3-21-6-8-22(9-7-21)19-29-27(32)23-10-13-26(31-16-14-28-15-17-31)25(18-23)30-35(33,34)24-11-4-20(2)5-12-24;3-2(4,5)1(6)7/h4-13,18,28,30H,3,14-17,19H2,1-2H3,(H,29,32);(H,6,7). The molecule has 0 atom stereocenters. The van der Waals surface area contributed by atoms with Gasteiger partial charge in [-0.15, -0.1) is 0 Å². The van der Waals surface area contributed by atoms with Crippen LogP contribution < -0.4 is 20.3 Å². The van der Waals surface area contributed by atoms with E-state index in [4.69, 9.17) is 9.90 Å². The molecule has 1 saturated heterocycles. The molecule has 0 aliphatic carbocycles. The number of amides is 1. The Bertz CT molecular complexity index is 1470. The van der Waals surface area contributed by atoms with Gasteiger partial charge in [0, 0.05) is 38.3 Å². The van der Waals surface area contributed by atoms with E-state index in [2.05, 4.69) is 39.3 Å². The third-order valence-corrected chi connectivity index (χ3v) is 7.80. The second-order valence-corrected chi connectivity index (χ2v) is 11.2. The Labute approximate surface area is 242 Å². The molecule has 0 radical (unpaired) electrons. The number of alkyl halides is 3. The van der Waals surface area contributed by atoms with Gasteiger partial charge in [-0.25, -0.2) is 13.2 Å². The van der Waals surface area contributed by atoms with Crippen molar-refractivity contribution in [2.75, 3.05) is 35.8 Å². The van der Waals surface area contributed by atoms with Crippen molar-refractivity contribution >= 4 is 33.3 Å². The van der Waals surface area contributed by atoms with Crippen LogP contribution in [0.5, 0.6) is 0 Å². The number of piperazine rings is 1. The molecule has 1 aliphatic rings. The van der Waals surface area contributed by atoms with Crippen molar-refractivity contribution in [2.45, 2.75) is 37.9 Å². The van der Waals surface area contributed by atoms with Gasteiger partial charge >= 0.3 is 12.1 Å². The minimum Gasteiger partial charge on any atom is -0.475 e. The molecule has 4 rings (SSSR count). The molecule has 1 aliphatic heterocycles. The molecule has 0 saturated carbocycles. The molecule has 9 nitrogen and oxygen atoms in total. The summed E-state index contributed by atoms with van der Waals surface area (Å²) >= 11 is 0. The molecule has 1 fully saturated rings. The number of carboxylic acid groups (broad SMARTS) is 1. The Hall–Kier alpha value is -4.10. The highest BCUT2D eigenvalue weighted by Gasteiger charge is 2.38. The van der Waals surface area contributed by atoms with E-state index in [0.717, 1.165) is 49.4 Å². The highest BCUT2D eigenvalue weighted by molar-refractivity contribution is 7.92. The van der Waals surface area contributed by atoms with Crippen molar-refractivity contribution in [3.8, 4) is 0 Å². The monoisotopic (exact) mass is 606 g/mol. The highest BCUT2D eigenvalue weighted by Crippen LogP contribution is 2.30. The maximum absolute atomic E-state index is 13.1. The number of aryl methyl sites for hydroxylation is 2. The first-order valence-corrected chi connectivity index (χ1v) is 14.6. The van der Waals surface area contributed by atoms with Gasteiger partial charge in [-0.1, -0.05) is 48.9 Å². The first-order chi connectivity index (χ1) is 19.8. The lowest BCUT2D eigenvalue weighted by molar-refractivity contribution is -0.192. The van der Waals surface area contributed by atoms with Gasteiger partial charge < -0.3 is 20.6 Å². The van der Waals surface area contributed by atoms with Crippen LogP contribution in [0.1, 0.15) is 34.0 Å². The number of carboxylic acids is 1. The van der Waals surface area contributed by atoms with Crippen molar-refractivity contribution in [3.63, 3.8) is 0 Å². The summed E-state index contributed by atoms with van der Waals surface area (Å²) < 4.78 is 60.8. The van der Waals surface area contributed by atoms with Crippen molar-refractivity contribution in [2.24, 2.45) is 0 Å². The molecule has 1 heterocycles. The van der Waals surface area contributed by atoms with E-state index in [1.165, 1.54) is 5.56 Å². The summed E-state index contributed by atoms with van der Waals surface area (Å²) in [6, 6.07) is 20.0. The summed E-state index contributed by atoms with van der Waals surface area (Å²) in [5, 5.41) is 13.4. The second-order valence-electron chi connectivity index (χ2n) is 9.54. The van der Waals surface area contributed by atoms with Crippen LogP contribution in [0.3, 0.4) is 0 Å². The average molecular weight is 607 g/mol. The largest absolute Gasteiger partial charge is 0.490 e. The van der Waals surface area contributed by atoms with E-state index in [-0.39, 0.29) is 10.8 Å². The number of halogens is 3. The van der Waals surface area contributed by atoms with Gasteiger partial charge in [0.05, 0.1) is 16.3 Å². The van der Waals surface area contributed by atoms with Crippen molar-refractivity contribution in [1.82, 2.24) is 10.6 Å². The number of nitrogens with zero attached hydrogens (tertiary/aromatic N) is 1. The Morgan fingerprint density at radius 3 is 2.07 bits per heavy atom. The zero-order valence-electron chi connectivity index (χ0n) is 23.2. The fourth-order valence-electron chi connectivity index (χ4n) is 4.04. The van der Waals surface area contributed by atoms with Gasteiger partial charge in [-0.05, 0) is 54.8 Å². The van der Waals surface area contributed by atoms with E-state index in [9.17, 15) is 26.4 Å².